The van der Waals surface area contributed by atoms with Crippen LogP contribution in [0.15, 0.2) is 40.9 Å². The molecule has 0 radical (unpaired) electrons. The highest BCUT2D eigenvalue weighted by Gasteiger charge is 2.17. The summed E-state index contributed by atoms with van der Waals surface area (Å²) in [6, 6.07) is 9.60. The largest absolute Gasteiger partial charge is 0.354 e. The van der Waals surface area contributed by atoms with Crippen molar-refractivity contribution in [1.29, 1.82) is 0 Å². The SMILES string of the molecule is Cc1c(-c2c(F)cccc2F)[nH]c2ccc(Br)cc12. The molecule has 0 amide bonds. The van der Waals surface area contributed by atoms with Crippen LogP contribution in [-0.4, -0.2) is 4.98 Å². The molecule has 0 saturated carbocycles. The molecule has 4 heteroatoms. The summed E-state index contributed by atoms with van der Waals surface area (Å²) in [7, 11) is 0. The van der Waals surface area contributed by atoms with Gasteiger partial charge in [-0.1, -0.05) is 22.0 Å². The van der Waals surface area contributed by atoms with Crippen molar-refractivity contribution in [2.24, 2.45) is 0 Å². The summed E-state index contributed by atoms with van der Waals surface area (Å²) in [6.07, 6.45) is 0. The van der Waals surface area contributed by atoms with Crippen molar-refractivity contribution in [2.45, 2.75) is 6.92 Å². The highest BCUT2D eigenvalue weighted by atomic mass is 79.9. The van der Waals surface area contributed by atoms with Crippen molar-refractivity contribution in [1.82, 2.24) is 4.98 Å². The summed E-state index contributed by atoms with van der Waals surface area (Å²) in [5.41, 5.74) is 2.18. The van der Waals surface area contributed by atoms with Crippen molar-refractivity contribution in [3.05, 3.63) is 58.1 Å². The number of aromatic amines is 1. The maximum atomic E-state index is 13.9. The molecule has 0 saturated heterocycles. The summed E-state index contributed by atoms with van der Waals surface area (Å²) in [4.78, 5) is 3.09. The molecule has 2 aromatic carbocycles. The van der Waals surface area contributed by atoms with Crippen LogP contribution in [0.3, 0.4) is 0 Å². The number of H-pyrrole nitrogens is 1. The quantitative estimate of drug-likeness (QED) is 0.635. The zero-order valence-corrected chi connectivity index (χ0v) is 11.7. The van der Waals surface area contributed by atoms with Crippen LogP contribution in [0.25, 0.3) is 22.2 Å². The average Bonchev–Trinajstić information content (AvgIpc) is 2.67. The smallest absolute Gasteiger partial charge is 0.135 e. The topological polar surface area (TPSA) is 15.8 Å². The van der Waals surface area contributed by atoms with E-state index in [9.17, 15) is 8.78 Å². The molecule has 0 spiro atoms. The van der Waals surface area contributed by atoms with Gasteiger partial charge in [-0.05, 0) is 42.8 Å². The molecule has 3 rings (SSSR count). The van der Waals surface area contributed by atoms with Crippen LogP contribution >= 0.6 is 15.9 Å². The van der Waals surface area contributed by atoms with E-state index in [0.717, 1.165) is 20.9 Å². The molecule has 96 valence electrons. The Morgan fingerprint density at radius 3 is 2.42 bits per heavy atom. The summed E-state index contributed by atoms with van der Waals surface area (Å²) < 4.78 is 28.6. The van der Waals surface area contributed by atoms with Gasteiger partial charge < -0.3 is 4.98 Å². The number of aromatic nitrogens is 1. The van der Waals surface area contributed by atoms with Gasteiger partial charge in [0.2, 0.25) is 0 Å². The minimum Gasteiger partial charge on any atom is -0.354 e. The summed E-state index contributed by atoms with van der Waals surface area (Å²) in [6.45, 7) is 1.85. The molecular weight excluding hydrogens is 312 g/mol. The third-order valence-corrected chi connectivity index (χ3v) is 3.73. The van der Waals surface area contributed by atoms with E-state index < -0.39 is 11.6 Å². The highest BCUT2D eigenvalue weighted by Crippen LogP contribution is 2.33. The molecule has 0 aliphatic rings. The van der Waals surface area contributed by atoms with Gasteiger partial charge in [-0.2, -0.15) is 0 Å². The number of hydrogen-bond donors (Lipinski definition) is 1. The van der Waals surface area contributed by atoms with E-state index in [1.54, 1.807) is 0 Å². The van der Waals surface area contributed by atoms with E-state index in [1.165, 1.54) is 18.2 Å². The first-order valence-electron chi connectivity index (χ1n) is 5.80. The van der Waals surface area contributed by atoms with E-state index in [2.05, 4.69) is 20.9 Å². The molecule has 0 aliphatic heterocycles. The van der Waals surface area contributed by atoms with Crippen molar-refractivity contribution < 1.29 is 8.78 Å². The Labute approximate surface area is 117 Å². The number of aryl methyl sites for hydroxylation is 1. The monoisotopic (exact) mass is 321 g/mol. The van der Waals surface area contributed by atoms with Crippen LogP contribution in [0.4, 0.5) is 8.78 Å². The fraction of sp³-hybridized carbons (Fsp3) is 0.0667. The van der Waals surface area contributed by atoms with Crippen LogP contribution in [0.2, 0.25) is 0 Å². The third kappa shape index (κ3) is 1.96. The first-order valence-corrected chi connectivity index (χ1v) is 6.59. The number of rotatable bonds is 1. The maximum absolute atomic E-state index is 13.9. The van der Waals surface area contributed by atoms with E-state index in [-0.39, 0.29) is 5.56 Å². The Morgan fingerprint density at radius 1 is 1.05 bits per heavy atom. The van der Waals surface area contributed by atoms with Gasteiger partial charge in [-0.15, -0.1) is 0 Å². The van der Waals surface area contributed by atoms with Crippen molar-refractivity contribution >= 4 is 26.8 Å². The molecule has 19 heavy (non-hydrogen) atoms. The lowest BCUT2D eigenvalue weighted by Gasteiger charge is -2.04. The lowest BCUT2D eigenvalue weighted by atomic mass is 10.1. The van der Waals surface area contributed by atoms with Crippen LogP contribution in [0, 0.1) is 18.6 Å². The molecule has 1 nitrogen and oxygen atoms in total. The number of nitrogens with one attached hydrogen (secondary N) is 1. The predicted molar refractivity (Wildman–Crippen MR) is 76.1 cm³/mol. The van der Waals surface area contributed by atoms with Gasteiger partial charge in [0.1, 0.15) is 11.6 Å². The van der Waals surface area contributed by atoms with Crippen molar-refractivity contribution in [3.8, 4) is 11.3 Å². The Balaban J connectivity index is 2.35. The second-order valence-electron chi connectivity index (χ2n) is 4.41. The standard InChI is InChI=1S/C15H10BrF2N/c1-8-10-7-9(16)5-6-13(10)19-15(8)14-11(17)3-2-4-12(14)18/h2-7,19H,1H3. The van der Waals surface area contributed by atoms with E-state index in [4.69, 9.17) is 0 Å². The molecule has 1 N–H and O–H groups in total. The van der Waals surface area contributed by atoms with Gasteiger partial charge in [0.25, 0.3) is 0 Å². The predicted octanol–water partition coefficient (Wildman–Crippen LogP) is 5.18. The minimum atomic E-state index is -0.561. The van der Waals surface area contributed by atoms with E-state index in [1.807, 2.05) is 25.1 Å². The molecule has 0 atom stereocenters. The van der Waals surface area contributed by atoms with Crippen LogP contribution in [0.1, 0.15) is 5.56 Å². The van der Waals surface area contributed by atoms with E-state index >= 15 is 0 Å². The molecule has 0 unspecified atom stereocenters. The lowest BCUT2D eigenvalue weighted by molar-refractivity contribution is 0.589. The van der Waals surface area contributed by atoms with Gasteiger partial charge in [0, 0.05) is 15.4 Å². The molecule has 0 aliphatic carbocycles. The number of benzene rings is 2. The molecule has 3 aromatic rings. The van der Waals surface area contributed by atoms with Gasteiger partial charge in [-0.3, -0.25) is 0 Å². The molecule has 1 heterocycles. The number of halogens is 3. The number of fused-ring (bicyclic) bond motifs is 1. The maximum Gasteiger partial charge on any atom is 0.135 e. The highest BCUT2D eigenvalue weighted by molar-refractivity contribution is 9.10. The Bertz CT molecular complexity index is 757. The van der Waals surface area contributed by atoms with Gasteiger partial charge >= 0.3 is 0 Å². The van der Waals surface area contributed by atoms with Crippen molar-refractivity contribution in [2.75, 3.05) is 0 Å². The fourth-order valence-corrected chi connectivity index (χ4v) is 2.65. The lowest BCUT2D eigenvalue weighted by Crippen LogP contribution is -1.91. The second-order valence-corrected chi connectivity index (χ2v) is 5.33. The summed E-state index contributed by atoms with van der Waals surface area (Å²) in [5.74, 6) is -1.12. The van der Waals surface area contributed by atoms with Crippen LogP contribution < -0.4 is 0 Å². The molecule has 0 bridgehead atoms. The summed E-state index contributed by atoms with van der Waals surface area (Å²) in [5, 5.41) is 0.951. The number of hydrogen-bond acceptors (Lipinski definition) is 0. The van der Waals surface area contributed by atoms with Crippen molar-refractivity contribution in [3.63, 3.8) is 0 Å². The molecule has 0 fully saturated rings. The zero-order chi connectivity index (χ0) is 13.6. The zero-order valence-electron chi connectivity index (χ0n) is 10.1. The minimum absolute atomic E-state index is 0.00711. The van der Waals surface area contributed by atoms with Gasteiger partial charge in [0.15, 0.2) is 0 Å². The summed E-state index contributed by atoms with van der Waals surface area (Å²) >= 11 is 3.40. The normalized spacial score (nSPS) is 11.2. The molecule has 1 aromatic heterocycles. The second kappa shape index (κ2) is 4.46. The van der Waals surface area contributed by atoms with Gasteiger partial charge in [0.05, 0.1) is 11.3 Å². The Morgan fingerprint density at radius 2 is 1.74 bits per heavy atom. The fourth-order valence-electron chi connectivity index (χ4n) is 2.29. The van der Waals surface area contributed by atoms with Crippen LogP contribution in [0.5, 0.6) is 0 Å². The van der Waals surface area contributed by atoms with Crippen LogP contribution in [-0.2, 0) is 0 Å². The molecular formula is C15H10BrF2N. The van der Waals surface area contributed by atoms with E-state index in [0.29, 0.717) is 5.69 Å². The average molecular weight is 322 g/mol. The first kappa shape index (κ1) is 12.4. The van der Waals surface area contributed by atoms with Gasteiger partial charge in [-0.25, -0.2) is 8.78 Å². The Kier molecular flexibility index (Phi) is 2.90. The third-order valence-electron chi connectivity index (χ3n) is 3.23. The first-order chi connectivity index (χ1) is 9.08. The Hall–Kier alpha value is -1.68.